The molecule has 0 aliphatic carbocycles. The molecule has 0 spiro atoms. The fourth-order valence-electron chi connectivity index (χ4n) is 3.02. The van der Waals surface area contributed by atoms with E-state index in [9.17, 15) is 5.11 Å². The second-order valence-corrected chi connectivity index (χ2v) is 6.98. The van der Waals surface area contributed by atoms with Gasteiger partial charge < -0.3 is 14.3 Å². The van der Waals surface area contributed by atoms with Crippen molar-refractivity contribution in [2.45, 2.75) is 19.8 Å². The molecule has 148 valence electrons. The topological polar surface area (TPSA) is 73.3 Å². The molecule has 2 heterocycles. The standard InChI is InChI=1S/C22H20ClN3O3/c1-15-24-12-13-26(15)22-25-21(16-8-10-17(23)11-9-16)20(29-22)7-4-14-28-19-6-3-2-5-18(19)27/h2-3,5-6,8-13,27H,4,7,14H2,1H3. The number of phenols is 1. The Labute approximate surface area is 173 Å². The number of hydrogen-bond acceptors (Lipinski definition) is 5. The van der Waals surface area contributed by atoms with E-state index in [-0.39, 0.29) is 5.75 Å². The lowest BCUT2D eigenvalue weighted by molar-refractivity contribution is 0.290. The molecule has 0 fully saturated rings. The molecule has 0 aliphatic rings. The number of phenolic OH excluding ortho intramolecular Hbond substituents is 1. The van der Waals surface area contributed by atoms with Gasteiger partial charge >= 0.3 is 6.01 Å². The summed E-state index contributed by atoms with van der Waals surface area (Å²) in [6.07, 6.45) is 4.86. The van der Waals surface area contributed by atoms with Gasteiger partial charge in [0.1, 0.15) is 17.3 Å². The van der Waals surface area contributed by atoms with E-state index in [1.807, 2.05) is 43.5 Å². The summed E-state index contributed by atoms with van der Waals surface area (Å²) in [5.41, 5.74) is 1.70. The lowest BCUT2D eigenvalue weighted by atomic mass is 10.1. The molecule has 0 amide bonds. The van der Waals surface area contributed by atoms with Gasteiger partial charge in [0.2, 0.25) is 0 Å². The van der Waals surface area contributed by atoms with Crippen LogP contribution in [-0.4, -0.2) is 26.2 Å². The minimum absolute atomic E-state index is 0.131. The lowest BCUT2D eigenvalue weighted by Crippen LogP contribution is -2.00. The maximum atomic E-state index is 9.80. The highest BCUT2D eigenvalue weighted by Gasteiger charge is 2.17. The number of imidazole rings is 1. The number of nitrogens with zero attached hydrogens (tertiary/aromatic N) is 3. The van der Waals surface area contributed by atoms with Crippen molar-refractivity contribution in [3.05, 3.63) is 77.5 Å². The molecule has 0 aliphatic heterocycles. The molecule has 4 aromatic rings. The Kier molecular flexibility index (Phi) is 5.53. The van der Waals surface area contributed by atoms with Crippen LogP contribution in [0.2, 0.25) is 5.02 Å². The van der Waals surface area contributed by atoms with E-state index in [0.29, 0.717) is 36.2 Å². The zero-order valence-electron chi connectivity index (χ0n) is 15.9. The second-order valence-electron chi connectivity index (χ2n) is 6.54. The predicted octanol–water partition coefficient (Wildman–Crippen LogP) is 5.21. The average molecular weight is 410 g/mol. The van der Waals surface area contributed by atoms with Crippen LogP contribution in [0.1, 0.15) is 18.0 Å². The molecule has 0 bridgehead atoms. The van der Waals surface area contributed by atoms with Gasteiger partial charge in [-0.1, -0.05) is 35.9 Å². The average Bonchev–Trinajstić information content (AvgIpc) is 3.33. The fraction of sp³-hybridized carbons (Fsp3) is 0.182. The molecule has 2 aromatic carbocycles. The molecule has 0 radical (unpaired) electrons. The van der Waals surface area contributed by atoms with E-state index in [4.69, 9.17) is 25.7 Å². The number of ether oxygens (including phenoxy) is 1. The van der Waals surface area contributed by atoms with E-state index in [2.05, 4.69) is 4.98 Å². The minimum atomic E-state index is 0.131. The monoisotopic (exact) mass is 409 g/mol. The molecule has 0 atom stereocenters. The van der Waals surface area contributed by atoms with Crippen LogP contribution in [0.3, 0.4) is 0 Å². The highest BCUT2D eigenvalue weighted by molar-refractivity contribution is 6.30. The smallest absolute Gasteiger partial charge is 0.307 e. The fourth-order valence-corrected chi connectivity index (χ4v) is 3.15. The van der Waals surface area contributed by atoms with Crippen LogP contribution in [-0.2, 0) is 6.42 Å². The Hall–Kier alpha value is -3.25. The quantitative estimate of drug-likeness (QED) is 0.424. The van der Waals surface area contributed by atoms with Crippen molar-refractivity contribution in [2.75, 3.05) is 6.61 Å². The van der Waals surface area contributed by atoms with Crippen LogP contribution in [0.25, 0.3) is 17.3 Å². The first-order valence-electron chi connectivity index (χ1n) is 9.28. The largest absolute Gasteiger partial charge is 0.504 e. The zero-order valence-corrected chi connectivity index (χ0v) is 16.6. The van der Waals surface area contributed by atoms with Gasteiger partial charge in [-0.05, 0) is 37.6 Å². The summed E-state index contributed by atoms with van der Waals surface area (Å²) >= 11 is 6.03. The van der Waals surface area contributed by atoms with E-state index in [1.165, 1.54) is 0 Å². The minimum Gasteiger partial charge on any atom is -0.504 e. The van der Waals surface area contributed by atoms with Crippen molar-refractivity contribution >= 4 is 11.6 Å². The number of aromatic nitrogens is 3. The summed E-state index contributed by atoms with van der Waals surface area (Å²) in [7, 11) is 0. The lowest BCUT2D eigenvalue weighted by Gasteiger charge is -2.07. The number of hydrogen-bond donors (Lipinski definition) is 1. The highest BCUT2D eigenvalue weighted by Crippen LogP contribution is 2.29. The third-order valence-corrected chi connectivity index (χ3v) is 4.76. The number of rotatable bonds is 7. The molecule has 0 saturated heterocycles. The Morgan fingerprint density at radius 1 is 1.14 bits per heavy atom. The molecule has 6 nitrogen and oxygen atoms in total. The van der Waals surface area contributed by atoms with E-state index in [0.717, 1.165) is 22.8 Å². The zero-order chi connectivity index (χ0) is 20.2. The van der Waals surface area contributed by atoms with Crippen LogP contribution >= 0.6 is 11.6 Å². The van der Waals surface area contributed by atoms with Crippen molar-refractivity contribution in [3.8, 4) is 28.8 Å². The molecule has 7 heteroatoms. The van der Waals surface area contributed by atoms with Crippen LogP contribution < -0.4 is 4.74 Å². The van der Waals surface area contributed by atoms with Crippen LogP contribution in [0.4, 0.5) is 0 Å². The van der Waals surface area contributed by atoms with Crippen molar-refractivity contribution in [1.82, 2.24) is 14.5 Å². The summed E-state index contributed by atoms with van der Waals surface area (Å²) in [4.78, 5) is 8.93. The number of benzene rings is 2. The molecule has 0 unspecified atom stereocenters. The van der Waals surface area contributed by atoms with Crippen molar-refractivity contribution < 1.29 is 14.3 Å². The summed E-state index contributed by atoms with van der Waals surface area (Å²) in [6.45, 7) is 2.34. The highest BCUT2D eigenvalue weighted by atomic mass is 35.5. The molecule has 29 heavy (non-hydrogen) atoms. The number of oxazole rings is 1. The van der Waals surface area contributed by atoms with Gasteiger partial charge in [-0.15, -0.1) is 0 Å². The van der Waals surface area contributed by atoms with Gasteiger partial charge in [-0.3, -0.25) is 4.57 Å². The molecule has 1 N–H and O–H groups in total. The van der Waals surface area contributed by atoms with Gasteiger partial charge in [0, 0.05) is 29.4 Å². The van der Waals surface area contributed by atoms with Crippen LogP contribution in [0.5, 0.6) is 11.5 Å². The predicted molar refractivity (Wildman–Crippen MR) is 111 cm³/mol. The molecule has 0 saturated carbocycles. The van der Waals surface area contributed by atoms with Crippen LogP contribution in [0, 0.1) is 6.92 Å². The Morgan fingerprint density at radius 3 is 2.66 bits per heavy atom. The normalized spacial score (nSPS) is 11.0. The Morgan fingerprint density at radius 2 is 1.93 bits per heavy atom. The molecular weight excluding hydrogens is 390 g/mol. The number of para-hydroxylation sites is 2. The molecule has 4 rings (SSSR count). The number of halogens is 1. The maximum Gasteiger partial charge on any atom is 0.307 e. The first-order valence-corrected chi connectivity index (χ1v) is 9.66. The first-order chi connectivity index (χ1) is 14.1. The van der Waals surface area contributed by atoms with Gasteiger partial charge in [0.05, 0.1) is 6.61 Å². The van der Waals surface area contributed by atoms with Gasteiger partial charge in [-0.25, -0.2) is 4.98 Å². The van der Waals surface area contributed by atoms with Crippen LogP contribution in [0.15, 0.2) is 65.3 Å². The van der Waals surface area contributed by atoms with E-state index >= 15 is 0 Å². The third kappa shape index (κ3) is 4.27. The van der Waals surface area contributed by atoms with E-state index < -0.39 is 0 Å². The second kappa shape index (κ2) is 8.41. The summed E-state index contributed by atoms with van der Waals surface area (Å²) in [5, 5.41) is 10.5. The summed E-state index contributed by atoms with van der Waals surface area (Å²) < 4.78 is 13.6. The summed E-state index contributed by atoms with van der Waals surface area (Å²) in [5.74, 6) is 2.16. The third-order valence-electron chi connectivity index (χ3n) is 4.51. The van der Waals surface area contributed by atoms with Crippen molar-refractivity contribution in [2.24, 2.45) is 0 Å². The van der Waals surface area contributed by atoms with E-state index in [1.54, 1.807) is 29.0 Å². The SMILES string of the molecule is Cc1nccn1-c1nc(-c2ccc(Cl)cc2)c(CCCOc2ccccc2O)o1. The maximum absolute atomic E-state index is 9.80. The first kappa shape index (κ1) is 19.1. The summed E-state index contributed by atoms with van der Waals surface area (Å²) in [6, 6.07) is 14.9. The molecular formula is C22H20ClN3O3. The van der Waals surface area contributed by atoms with Gasteiger partial charge in [0.15, 0.2) is 11.5 Å². The van der Waals surface area contributed by atoms with Crippen molar-refractivity contribution in [3.63, 3.8) is 0 Å². The Bertz CT molecular complexity index is 1100. The number of aryl methyl sites for hydroxylation is 2. The van der Waals surface area contributed by atoms with Crippen molar-refractivity contribution in [1.29, 1.82) is 0 Å². The number of aromatic hydroxyl groups is 1. The Balaban J connectivity index is 1.54. The molecule has 2 aromatic heterocycles. The van der Waals surface area contributed by atoms with Gasteiger partial charge in [-0.2, -0.15) is 4.98 Å². The van der Waals surface area contributed by atoms with Gasteiger partial charge in [0.25, 0.3) is 0 Å².